The highest BCUT2D eigenvalue weighted by atomic mass is 35.5. The van der Waals surface area contributed by atoms with Gasteiger partial charge in [-0.25, -0.2) is 27.5 Å². The number of hydrogen-bond acceptors (Lipinski definition) is 2. The molecule has 1 heterocycles. The van der Waals surface area contributed by atoms with Crippen molar-refractivity contribution in [2.24, 2.45) is 0 Å². The lowest BCUT2D eigenvalue weighted by atomic mass is 10.2. The van der Waals surface area contributed by atoms with E-state index in [1.54, 1.807) is 0 Å². The Labute approximate surface area is 85.5 Å². The van der Waals surface area contributed by atoms with Gasteiger partial charge in [-0.2, -0.15) is 0 Å². The van der Waals surface area contributed by atoms with E-state index in [-0.39, 0.29) is 0 Å². The molecule has 0 atom stereocenters. The summed E-state index contributed by atoms with van der Waals surface area (Å²) in [4.78, 5) is 6.63. The molecule has 0 N–H and O–H groups in total. The molecule has 0 spiro atoms. The summed E-state index contributed by atoms with van der Waals surface area (Å²) in [6.45, 7) is 0. The molecule has 0 fully saturated rings. The van der Waals surface area contributed by atoms with Gasteiger partial charge in [0.25, 0.3) is 0 Å². The van der Waals surface area contributed by atoms with Crippen molar-refractivity contribution in [2.75, 3.05) is 0 Å². The predicted octanol–water partition coefficient (Wildman–Crippen LogP) is 2.84. The molecule has 7 heteroatoms. The topological polar surface area (TPSA) is 25.8 Å². The first-order valence-corrected chi connectivity index (χ1v) is 4.04. The summed E-state index contributed by atoms with van der Waals surface area (Å²) in [5.41, 5.74) is -0.689. The van der Waals surface area contributed by atoms with Gasteiger partial charge in [-0.05, 0) is 0 Å². The van der Waals surface area contributed by atoms with Crippen molar-refractivity contribution in [1.29, 1.82) is 0 Å². The van der Waals surface area contributed by atoms with E-state index in [0.29, 0.717) is 0 Å². The van der Waals surface area contributed by atoms with E-state index in [9.17, 15) is 17.6 Å². The molecule has 1 aromatic heterocycles. The van der Waals surface area contributed by atoms with E-state index in [2.05, 4.69) is 9.97 Å². The Morgan fingerprint density at radius 3 is 2.13 bits per heavy atom. The lowest BCUT2D eigenvalue weighted by Crippen LogP contribution is -2.00. The summed E-state index contributed by atoms with van der Waals surface area (Å²) >= 11 is 5.41. The Bertz CT molecular complexity index is 558. The maximum atomic E-state index is 13.2. The van der Waals surface area contributed by atoms with Crippen LogP contribution in [-0.4, -0.2) is 9.97 Å². The molecule has 2 nitrogen and oxygen atoms in total. The highest BCUT2D eigenvalue weighted by molar-refractivity contribution is 6.34. The number of nitrogens with zero attached hydrogens (tertiary/aromatic N) is 2. The summed E-state index contributed by atoms with van der Waals surface area (Å²) < 4.78 is 51.8. The SMILES string of the molecule is Fc1c(F)c(F)c2c(Cl)ncnc2c1F. The third kappa shape index (κ3) is 1.32. The molecule has 0 aliphatic carbocycles. The molecule has 2 aromatic rings. The second-order valence-electron chi connectivity index (χ2n) is 2.64. The van der Waals surface area contributed by atoms with Crippen LogP contribution in [0.5, 0.6) is 0 Å². The Hall–Kier alpha value is -1.43. The zero-order valence-corrected chi connectivity index (χ0v) is 7.62. The van der Waals surface area contributed by atoms with Crippen LogP contribution in [0.4, 0.5) is 17.6 Å². The van der Waals surface area contributed by atoms with Gasteiger partial charge >= 0.3 is 0 Å². The summed E-state index contributed by atoms with van der Waals surface area (Å²) in [6, 6.07) is 0. The van der Waals surface area contributed by atoms with Crippen LogP contribution in [0, 0.1) is 23.3 Å². The third-order valence-corrected chi connectivity index (χ3v) is 2.09. The molecule has 0 aliphatic heterocycles. The van der Waals surface area contributed by atoms with Gasteiger partial charge in [-0.15, -0.1) is 0 Å². The molecule has 0 saturated heterocycles. The van der Waals surface area contributed by atoms with Crippen LogP contribution < -0.4 is 0 Å². The van der Waals surface area contributed by atoms with E-state index >= 15 is 0 Å². The second kappa shape index (κ2) is 3.30. The van der Waals surface area contributed by atoms with Gasteiger partial charge in [0.05, 0.1) is 5.39 Å². The average molecular weight is 237 g/mol. The van der Waals surface area contributed by atoms with Crippen molar-refractivity contribution in [1.82, 2.24) is 9.97 Å². The molecule has 1 aromatic carbocycles. The highest BCUT2D eigenvalue weighted by Gasteiger charge is 2.23. The fourth-order valence-electron chi connectivity index (χ4n) is 1.13. The van der Waals surface area contributed by atoms with Crippen molar-refractivity contribution >= 4 is 22.5 Å². The van der Waals surface area contributed by atoms with Crippen molar-refractivity contribution in [3.8, 4) is 0 Å². The number of halogens is 5. The molecular weight excluding hydrogens is 236 g/mol. The maximum Gasteiger partial charge on any atom is 0.199 e. The fourth-order valence-corrected chi connectivity index (χ4v) is 1.35. The molecule has 0 saturated carbocycles. The molecule has 0 aliphatic rings. The van der Waals surface area contributed by atoms with Crippen molar-refractivity contribution in [3.05, 3.63) is 34.7 Å². The van der Waals surface area contributed by atoms with Gasteiger partial charge in [-0.3, -0.25) is 0 Å². The minimum absolute atomic E-state index is 0.477. The largest absolute Gasteiger partial charge is 0.233 e. The normalized spacial score (nSPS) is 11.0. The van der Waals surface area contributed by atoms with Crippen LogP contribution >= 0.6 is 11.6 Å². The van der Waals surface area contributed by atoms with Gasteiger partial charge in [-0.1, -0.05) is 11.6 Å². The zero-order valence-electron chi connectivity index (χ0n) is 6.86. The quantitative estimate of drug-likeness (QED) is 0.304. The first kappa shape index (κ1) is 10.1. The van der Waals surface area contributed by atoms with Crippen LogP contribution in [0.25, 0.3) is 10.9 Å². The van der Waals surface area contributed by atoms with Crippen LogP contribution in [-0.2, 0) is 0 Å². The Balaban J connectivity index is 3.08. The van der Waals surface area contributed by atoms with Gasteiger partial charge in [0, 0.05) is 0 Å². The predicted molar refractivity (Wildman–Crippen MR) is 44.4 cm³/mol. The van der Waals surface area contributed by atoms with Crippen LogP contribution in [0.15, 0.2) is 6.33 Å². The van der Waals surface area contributed by atoms with Crippen LogP contribution in [0.1, 0.15) is 0 Å². The molecule has 0 unspecified atom stereocenters. The average Bonchev–Trinajstić information content (AvgIpc) is 2.23. The minimum Gasteiger partial charge on any atom is -0.233 e. The first-order chi connectivity index (χ1) is 7.04. The smallest absolute Gasteiger partial charge is 0.199 e. The van der Waals surface area contributed by atoms with Gasteiger partial charge < -0.3 is 0 Å². The van der Waals surface area contributed by atoms with E-state index < -0.39 is 39.3 Å². The fraction of sp³-hybridized carbons (Fsp3) is 0. The molecule has 15 heavy (non-hydrogen) atoms. The second-order valence-corrected chi connectivity index (χ2v) is 3.00. The first-order valence-electron chi connectivity index (χ1n) is 3.66. The summed E-state index contributed by atoms with van der Waals surface area (Å²) in [5, 5.41) is -1.15. The highest BCUT2D eigenvalue weighted by Crippen LogP contribution is 2.28. The molecule has 0 radical (unpaired) electrons. The molecular formula is C8HClF4N2. The molecule has 0 bridgehead atoms. The van der Waals surface area contributed by atoms with E-state index in [0.717, 1.165) is 6.33 Å². The molecule has 0 amide bonds. The van der Waals surface area contributed by atoms with Crippen molar-refractivity contribution < 1.29 is 17.6 Å². The lowest BCUT2D eigenvalue weighted by molar-refractivity contribution is 0.417. The number of hydrogen-bond donors (Lipinski definition) is 0. The third-order valence-electron chi connectivity index (χ3n) is 1.81. The number of fused-ring (bicyclic) bond motifs is 1. The summed E-state index contributed by atoms with van der Waals surface area (Å²) in [5.74, 6) is -7.05. The monoisotopic (exact) mass is 236 g/mol. The zero-order chi connectivity index (χ0) is 11.2. The van der Waals surface area contributed by atoms with E-state index in [1.165, 1.54) is 0 Å². The van der Waals surface area contributed by atoms with Crippen molar-refractivity contribution in [3.63, 3.8) is 0 Å². The minimum atomic E-state index is -1.93. The Morgan fingerprint density at radius 1 is 0.867 bits per heavy atom. The van der Waals surface area contributed by atoms with Gasteiger partial charge in [0.1, 0.15) is 17.0 Å². The number of aromatic nitrogens is 2. The summed E-state index contributed by atoms with van der Waals surface area (Å²) in [7, 11) is 0. The number of rotatable bonds is 0. The Morgan fingerprint density at radius 2 is 1.47 bits per heavy atom. The molecule has 2 rings (SSSR count). The van der Waals surface area contributed by atoms with Crippen molar-refractivity contribution in [2.45, 2.75) is 0 Å². The molecule has 78 valence electrons. The van der Waals surface area contributed by atoms with Crippen LogP contribution in [0.3, 0.4) is 0 Å². The maximum absolute atomic E-state index is 13.2. The number of benzene rings is 1. The van der Waals surface area contributed by atoms with Crippen LogP contribution in [0.2, 0.25) is 5.15 Å². The standard InChI is InChI=1S/C8HClF4N2/c9-8-2-3(10)4(11)5(12)6(13)7(2)14-1-15-8/h1H. The Kier molecular flexibility index (Phi) is 2.22. The lowest BCUT2D eigenvalue weighted by Gasteiger charge is -2.03. The summed E-state index contributed by atoms with van der Waals surface area (Å²) in [6.07, 6.45) is 0.824. The van der Waals surface area contributed by atoms with E-state index in [1.807, 2.05) is 0 Å². The van der Waals surface area contributed by atoms with Gasteiger partial charge in [0.2, 0.25) is 0 Å². The van der Waals surface area contributed by atoms with Gasteiger partial charge in [0.15, 0.2) is 23.3 Å². The van der Waals surface area contributed by atoms with E-state index in [4.69, 9.17) is 11.6 Å².